The van der Waals surface area contributed by atoms with Crippen molar-refractivity contribution in [3.05, 3.63) is 59.7 Å². The molecule has 0 saturated heterocycles. The van der Waals surface area contributed by atoms with Gasteiger partial charge in [-0.05, 0) is 11.6 Å². The standard InChI is InChI=1S/C16H15N3O2/c20-8-4-3-6-13-5-1-2-7-14(13)11-19-16(21)15-9-17-12-18-10-15/h1-2,5,7,9-10,12,20H,4,8,11H2,(H,19,21). The van der Waals surface area contributed by atoms with Crippen LogP contribution in [0.15, 0.2) is 43.0 Å². The highest BCUT2D eigenvalue weighted by Gasteiger charge is 2.06. The van der Waals surface area contributed by atoms with Gasteiger partial charge in [0.05, 0.1) is 12.2 Å². The molecule has 5 heteroatoms. The number of aromatic nitrogens is 2. The number of rotatable bonds is 4. The van der Waals surface area contributed by atoms with Crippen molar-refractivity contribution < 1.29 is 9.90 Å². The first-order chi connectivity index (χ1) is 10.3. The van der Waals surface area contributed by atoms with Crippen molar-refractivity contribution in [2.75, 3.05) is 6.61 Å². The summed E-state index contributed by atoms with van der Waals surface area (Å²) in [4.78, 5) is 19.5. The van der Waals surface area contributed by atoms with E-state index in [4.69, 9.17) is 5.11 Å². The fourth-order valence-electron chi connectivity index (χ4n) is 1.70. The molecule has 0 bridgehead atoms. The molecule has 106 valence electrons. The van der Waals surface area contributed by atoms with Crippen LogP contribution in [0.5, 0.6) is 0 Å². The molecule has 0 unspecified atom stereocenters. The lowest BCUT2D eigenvalue weighted by Crippen LogP contribution is -2.23. The zero-order valence-electron chi connectivity index (χ0n) is 11.4. The molecule has 0 spiro atoms. The number of aliphatic hydroxyl groups excluding tert-OH is 1. The number of hydrogen-bond donors (Lipinski definition) is 2. The number of amides is 1. The second-order valence-electron chi connectivity index (χ2n) is 4.24. The summed E-state index contributed by atoms with van der Waals surface area (Å²) in [5.74, 6) is 5.64. The van der Waals surface area contributed by atoms with E-state index in [0.717, 1.165) is 11.1 Å². The molecule has 21 heavy (non-hydrogen) atoms. The third-order valence-corrected chi connectivity index (χ3v) is 2.74. The van der Waals surface area contributed by atoms with Gasteiger partial charge in [0.1, 0.15) is 6.33 Å². The van der Waals surface area contributed by atoms with Gasteiger partial charge in [-0.15, -0.1) is 0 Å². The Morgan fingerprint density at radius 3 is 2.76 bits per heavy atom. The molecular weight excluding hydrogens is 266 g/mol. The van der Waals surface area contributed by atoms with Gasteiger partial charge in [0, 0.05) is 30.9 Å². The van der Waals surface area contributed by atoms with Crippen LogP contribution in [-0.4, -0.2) is 27.6 Å². The van der Waals surface area contributed by atoms with E-state index in [9.17, 15) is 4.79 Å². The van der Waals surface area contributed by atoms with Crippen molar-refractivity contribution in [1.29, 1.82) is 0 Å². The van der Waals surface area contributed by atoms with E-state index in [2.05, 4.69) is 27.1 Å². The highest BCUT2D eigenvalue weighted by Crippen LogP contribution is 2.07. The Balaban J connectivity index is 2.04. The number of carbonyl (C=O) groups excluding carboxylic acids is 1. The van der Waals surface area contributed by atoms with Crippen LogP contribution in [0.4, 0.5) is 0 Å². The molecule has 0 fully saturated rings. The van der Waals surface area contributed by atoms with Crippen molar-refractivity contribution in [1.82, 2.24) is 15.3 Å². The summed E-state index contributed by atoms with van der Waals surface area (Å²) in [5.41, 5.74) is 2.19. The van der Waals surface area contributed by atoms with Crippen molar-refractivity contribution in [2.45, 2.75) is 13.0 Å². The van der Waals surface area contributed by atoms with Crippen molar-refractivity contribution in [3.63, 3.8) is 0 Å². The molecule has 1 aromatic heterocycles. The van der Waals surface area contributed by atoms with Crippen LogP contribution in [-0.2, 0) is 6.54 Å². The maximum atomic E-state index is 11.9. The fourth-order valence-corrected chi connectivity index (χ4v) is 1.70. The molecule has 0 aliphatic rings. The summed E-state index contributed by atoms with van der Waals surface area (Å²) in [6.07, 6.45) is 4.75. The van der Waals surface area contributed by atoms with Crippen molar-refractivity contribution in [3.8, 4) is 11.8 Å². The molecule has 5 nitrogen and oxygen atoms in total. The van der Waals surface area contributed by atoms with Gasteiger partial charge in [-0.2, -0.15) is 0 Å². The lowest BCUT2D eigenvalue weighted by molar-refractivity contribution is 0.0950. The molecule has 2 rings (SSSR count). The zero-order valence-corrected chi connectivity index (χ0v) is 11.4. The lowest BCUT2D eigenvalue weighted by Gasteiger charge is -2.06. The summed E-state index contributed by atoms with van der Waals surface area (Å²) >= 11 is 0. The van der Waals surface area contributed by atoms with Crippen molar-refractivity contribution in [2.24, 2.45) is 0 Å². The van der Waals surface area contributed by atoms with E-state index < -0.39 is 0 Å². The Kier molecular flexibility index (Phi) is 5.44. The number of nitrogens with one attached hydrogen (secondary N) is 1. The van der Waals surface area contributed by atoms with Gasteiger partial charge in [0.25, 0.3) is 5.91 Å². The Morgan fingerprint density at radius 2 is 2.00 bits per heavy atom. The predicted octanol–water partition coefficient (Wildman–Crippen LogP) is 1.14. The van der Waals surface area contributed by atoms with Crippen LogP contribution >= 0.6 is 0 Å². The maximum Gasteiger partial charge on any atom is 0.254 e. The monoisotopic (exact) mass is 281 g/mol. The van der Waals surface area contributed by atoms with Crippen LogP contribution in [0.25, 0.3) is 0 Å². The van der Waals surface area contributed by atoms with E-state index in [1.807, 2.05) is 24.3 Å². The molecule has 0 radical (unpaired) electrons. The largest absolute Gasteiger partial charge is 0.395 e. The Bertz CT molecular complexity index is 660. The van der Waals surface area contributed by atoms with Crippen LogP contribution in [0.2, 0.25) is 0 Å². The summed E-state index contributed by atoms with van der Waals surface area (Å²) in [6, 6.07) is 7.58. The summed E-state index contributed by atoms with van der Waals surface area (Å²) in [6.45, 7) is 0.414. The predicted molar refractivity (Wildman–Crippen MR) is 78.2 cm³/mol. The van der Waals surface area contributed by atoms with Crippen LogP contribution in [0, 0.1) is 11.8 Å². The Labute approximate surface area is 123 Å². The third kappa shape index (κ3) is 4.41. The molecule has 0 aliphatic heterocycles. The normalized spacial score (nSPS) is 9.57. The average molecular weight is 281 g/mol. The molecule has 2 aromatic rings. The second-order valence-corrected chi connectivity index (χ2v) is 4.24. The molecule has 2 N–H and O–H groups in total. The topological polar surface area (TPSA) is 75.1 Å². The number of carbonyl (C=O) groups is 1. The molecular formula is C16H15N3O2. The molecule has 0 atom stereocenters. The van der Waals surface area contributed by atoms with E-state index in [1.54, 1.807) is 0 Å². The summed E-state index contributed by atoms with van der Waals surface area (Å²) in [5, 5.41) is 11.6. The third-order valence-electron chi connectivity index (χ3n) is 2.74. The first-order valence-corrected chi connectivity index (χ1v) is 6.52. The SMILES string of the molecule is O=C(NCc1ccccc1C#CCCO)c1cncnc1. The van der Waals surface area contributed by atoms with Crippen LogP contribution < -0.4 is 5.32 Å². The van der Waals surface area contributed by atoms with E-state index in [-0.39, 0.29) is 12.5 Å². The maximum absolute atomic E-state index is 11.9. The fraction of sp³-hybridized carbons (Fsp3) is 0.188. The molecule has 1 amide bonds. The van der Waals surface area contributed by atoms with E-state index >= 15 is 0 Å². The minimum absolute atomic E-state index is 0.0416. The first kappa shape index (κ1) is 14.7. The number of benzene rings is 1. The van der Waals surface area contributed by atoms with Crippen LogP contribution in [0.1, 0.15) is 27.9 Å². The van der Waals surface area contributed by atoms with Gasteiger partial charge in [0.15, 0.2) is 0 Å². The molecule has 0 aliphatic carbocycles. The van der Waals surface area contributed by atoms with E-state index in [0.29, 0.717) is 18.5 Å². The van der Waals surface area contributed by atoms with E-state index in [1.165, 1.54) is 18.7 Å². The number of hydrogen-bond acceptors (Lipinski definition) is 4. The van der Waals surface area contributed by atoms with Gasteiger partial charge in [-0.25, -0.2) is 9.97 Å². The minimum atomic E-state index is -0.228. The minimum Gasteiger partial charge on any atom is -0.395 e. The van der Waals surface area contributed by atoms with Crippen molar-refractivity contribution >= 4 is 5.91 Å². The highest BCUT2D eigenvalue weighted by molar-refractivity contribution is 5.93. The molecule has 1 aromatic carbocycles. The molecule has 1 heterocycles. The van der Waals surface area contributed by atoms with Gasteiger partial charge in [-0.1, -0.05) is 30.0 Å². The smallest absolute Gasteiger partial charge is 0.254 e. The van der Waals surface area contributed by atoms with Gasteiger partial charge < -0.3 is 10.4 Å². The average Bonchev–Trinajstić information content (AvgIpc) is 2.54. The summed E-state index contributed by atoms with van der Waals surface area (Å²) in [7, 11) is 0. The van der Waals surface area contributed by atoms with Gasteiger partial charge in [-0.3, -0.25) is 4.79 Å². The molecule has 0 saturated carbocycles. The highest BCUT2D eigenvalue weighted by atomic mass is 16.2. The zero-order chi connectivity index (χ0) is 14.9. The Morgan fingerprint density at radius 1 is 1.24 bits per heavy atom. The quantitative estimate of drug-likeness (QED) is 0.824. The second kappa shape index (κ2) is 7.78. The Hall–Kier alpha value is -2.71. The lowest BCUT2D eigenvalue weighted by atomic mass is 10.1. The van der Waals surface area contributed by atoms with Gasteiger partial charge >= 0.3 is 0 Å². The summed E-state index contributed by atoms with van der Waals surface area (Å²) < 4.78 is 0. The number of aliphatic hydroxyl groups is 1. The van der Waals surface area contributed by atoms with Gasteiger partial charge in [0.2, 0.25) is 0 Å². The first-order valence-electron chi connectivity index (χ1n) is 6.52. The number of nitrogens with zero attached hydrogens (tertiary/aromatic N) is 2. The van der Waals surface area contributed by atoms with Crippen LogP contribution in [0.3, 0.4) is 0 Å².